The Morgan fingerprint density at radius 3 is 2.40 bits per heavy atom. The zero-order valence-corrected chi connectivity index (χ0v) is 13.5. The van der Waals surface area contributed by atoms with Crippen LogP contribution >= 0.6 is 15.9 Å². The first-order valence-electron chi connectivity index (χ1n) is 6.47. The number of nitrogens with zero attached hydrogens (tertiary/aromatic N) is 1. The van der Waals surface area contributed by atoms with Gasteiger partial charge in [-0.05, 0) is 22.0 Å². The van der Waals surface area contributed by atoms with Gasteiger partial charge in [-0.2, -0.15) is 0 Å². The standard InChI is InChI=1S/C14H6BrF2N3O5/c15-5-1-4(14(24)25)8(16)9(17)10(5)20-6(21)2-3-7(11(20)18)13(23)19-12(3)22/h1-2H,18H2,(H,24,25)(H,19,22,23). The molecule has 1 aromatic heterocycles. The highest BCUT2D eigenvalue weighted by atomic mass is 79.9. The van der Waals surface area contributed by atoms with Gasteiger partial charge in [0.25, 0.3) is 17.4 Å². The van der Waals surface area contributed by atoms with Crippen LogP contribution in [0.3, 0.4) is 0 Å². The number of fused-ring (bicyclic) bond motifs is 1. The van der Waals surface area contributed by atoms with Crippen molar-refractivity contribution < 1.29 is 28.3 Å². The predicted molar refractivity (Wildman–Crippen MR) is 82.8 cm³/mol. The highest BCUT2D eigenvalue weighted by Crippen LogP contribution is 2.31. The summed E-state index contributed by atoms with van der Waals surface area (Å²) in [6, 6.07) is 1.50. The Kier molecular flexibility index (Phi) is 3.68. The molecule has 0 radical (unpaired) electrons. The molecule has 1 aliphatic rings. The van der Waals surface area contributed by atoms with Crippen molar-refractivity contribution in [2.24, 2.45) is 0 Å². The number of anilines is 1. The summed E-state index contributed by atoms with van der Waals surface area (Å²) in [5.41, 5.74) is 2.38. The molecule has 0 spiro atoms. The van der Waals surface area contributed by atoms with Crippen LogP contribution in [0, 0.1) is 11.6 Å². The van der Waals surface area contributed by atoms with Crippen LogP contribution in [0.5, 0.6) is 0 Å². The highest BCUT2D eigenvalue weighted by Gasteiger charge is 2.33. The minimum Gasteiger partial charge on any atom is -0.478 e. The van der Waals surface area contributed by atoms with Gasteiger partial charge in [0, 0.05) is 10.5 Å². The van der Waals surface area contributed by atoms with Gasteiger partial charge in [0.2, 0.25) is 0 Å². The number of halogens is 3. The van der Waals surface area contributed by atoms with Gasteiger partial charge in [0.15, 0.2) is 11.6 Å². The van der Waals surface area contributed by atoms with Crippen LogP contribution in [0.15, 0.2) is 21.4 Å². The SMILES string of the molecule is Nc1c2c(cc(=O)n1-c1c(Br)cc(C(=O)O)c(F)c1F)C(=O)NC2=O. The Bertz CT molecular complexity index is 1060. The Hall–Kier alpha value is -3.08. The van der Waals surface area contributed by atoms with Crippen molar-refractivity contribution in [1.82, 2.24) is 9.88 Å². The molecule has 0 saturated carbocycles. The topological polar surface area (TPSA) is 131 Å². The van der Waals surface area contributed by atoms with E-state index in [1.54, 1.807) is 0 Å². The average Bonchev–Trinajstić information content (AvgIpc) is 2.80. The van der Waals surface area contributed by atoms with Gasteiger partial charge in [-0.25, -0.2) is 13.6 Å². The van der Waals surface area contributed by atoms with Crippen LogP contribution in [0.1, 0.15) is 31.1 Å². The molecule has 4 N–H and O–H groups in total. The number of pyridine rings is 1. The number of aromatic nitrogens is 1. The van der Waals surface area contributed by atoms with Crippen LogP contribution in [0.2, 0.25) is 0 Å². The maximum Gasteiger partial charge on any atom is 0.338 e. The fourth-order valence-electron chi connectivity index (χ4n) is 2.46. The largest absolute Gasteiger partial charge is 0.478 e. The first-order valence-corrected chi connectivity index (χ1v) is 7.26. The Labute approximate surface area is 145 Å². The Morgan fingerprint density at radius 1 is 1.16 bits per heavy atom. The fourth-order valence-corrected chi connectivity index (χ4v) is 3.04. The summed E-state index contributed by atoms with van der Waals surface area (Å²) in [7, 11) is 0. The summed E-state index contributed by atoms with van der Waals surface area (Å²) in [4.78, 5) is 46.6. The molecular formula is C14H6BrF2N3O5. The smallest absolute Gasteiger partial charge is 0.338 e. The molecule has 0 atom stereocenters. The maximum absolute atomic E-state index is 14.4. The number of aromatic carboxylic acids is 1. The predicted octanol–water partition coefficient (Wildman–Crippen LogP) is 1.04. The van der Waals surface area contributed by atoms with Crippen LogP contribution in [0.25, 0.3) is 5.69 Å². The van der Waals surface area contributed by atoms with E-state index < -0.39 is 52.0 Å². The van der Waals surface area contributed by atoms with E-state index >= 15 is 0 Å². The fraction of sp³-hybridized carbons (Fsp3) is 0. The van der Waals surface area contributed by atoms with Crippen LogP contribution in [-0.4, -0.2) is 27.5 Å². The second kappa shape index (κ2) is 5.48. The minimum atomic E-state index is -1.72. The molecule has 128 valence electrons. The van der Waals surface area contributed by atoms with Gasteiger partial charge in [-0.3, -0.25) is 24.3 Å². The monoisotopic (exact) mass is 413 g/mol. The number of hydrogen-bond donors (Lipinski definition) is 3. The molecule has 0 bridgehead atoms. The molecule has 1 aliphatic heterocycles. The van der Waals surface area contributed by atoms with E-state index in [0.29, 0.717) is 4.57 Å². The van der Waals surface area contributed by atoms with Gasteiger partial charge >= 0.3 is 5.97 Å². The van der Waals surface area contributed by atoms with Crippen molar-refractivity contribution in [2.75, 3.05) is 5.73 Å². The number of hydrogen-bond acceptors (Lipinski definition) is 5. The number of rotatable bonds is 2. The quantitative estimate of drug-likeness (QED) is 0.497. The lowest BCUT2D eigenvalue weighted by Gasteiger charge is -2.15. The third kappa shape index (κ3) is 2.31. The Balaban J connectivity index is 2.41. The summed E-state index contributed by atoms with van der Waals surface area (Å²) < 4.78 is 28.6. The van der Waals surface area contributed by atoms with Gasteiger partial charge in [-0.15, -0.1) is 0 Å². The first-order chi connectivity index (χ1) is 11.6. The van der Waals surface area contributed by atoms with E-state index in [1.165, 1.54) is 0 Å². The maximum atomic E-state index is 14.4. The molecule has 3 rings (SSSR count). The molecule has 0 aliphatic carbocycles. The average molecular weight is 414 g/mol. The lowest BCUT2D eigenvalue weighted by molar-refractivity contribution is 0.0689. The number of amides is 2. The molecule has 0 fully saturated rings. The molecule has 11 heteroatoms. The second-order valence-electron chi connectivity index (χ2n) is 4.96. The van der Waals surface area contributed by atoms with Crippen LogP contribution < -0.4 is 16.6 Å². The van der Waals surface area contributed by atoms with Gasteiger partial charge in [-0.1, -0.05) is 0 Å². The van der Waals surface area contributed by atoms with E-state index in [0.717, 1.165) is 12.1 Å². The molecule has 0 saturated heterocycles. The molecule has 2 amide bonds. The van der Waals surface area contributed by atoms with E-state index in [1.807, 2.05) is 5.32 Å². The normalized spacial score (nSPS) is 12.9. The number of carboxylic acids is 1. The molecule has 2 heterocycles. The summed E-state index contributed by atoms with van der Waals surface area (Å²) in [5, 5.41) is 10.8. The van der Waals surface area contributed by atoms with Gasteiger partial charge < -0.3 is 10.8 Å². The van der Waals surface area contributed by atoms with Crippen molar-refractivity contribution in [3.8, 4) is 5.69 Å². The molecular weight excluding hydrogens is 408 g/mol. The second-order valence-corrected chi connectivity index (χ2v) is 5.82. The molecule has 0 unspecified atom stereocenters. The Morgan fingerprint density at radius 2 is 1.80 bits per heavy atom. The summed E-state index contributed by atoms with van der Waals surface area (Å²) in [6.07, 6.45) is 0. The molecule has 1 aromatic carbocycles. The molecule has 8 nitrogen and oxygen atoms in total. The zero-order chi connectivity index (χ0) is 18.6. The van der Waals surface area contributed by atoms with Crippen molar-refractivity contribution in [2.45, 2.75) is 0 Å². The van der Waals surface area contributed by atoms with Crippen molar-refractivity contribution in [1.29, 1.82) is 0 Å². The number of carbonyl (C=O) groups is 3. The van der Waals surface area contributed by atoms with Crippen LogP contribution in [0.4, 0.5) is 14.6 Å². The van der Waals surface area contributed by atoms with Gasteiger partial charge in [0.05, 0.1) is 16.7 Å². The number of benzene rings is 1. The number of imide groups is 1. The highest BCUT2D eigenvalue weighted by molar-refractivity contribution is 9.10. The summed E-state index contributed by atoms with van der Waals surface area (Å²) >= 11 is 2.86. The number of carboxylic acid groups (broad SMARTS) is 1. The first kappa shape index (κ1) is 16.8. The van der Waals surface area contributed by atoms with Crippen molar-refractivity contribution >= 4 is 39.5 Å². The molecule has 25 heavy (non-hydrogen) atoms. The van der Waals surface area contributed by atoms with E-state index in [4.69, 9.17) is 10.8 Å². The number of carbonyl (C=O) groups excluding carboxylic acids is 2. The lowest BCUT2D eigenvalue weighted by atomic mass is 10.1. The third-order valence-electron chi connectivity index (χ3n) is 3.54. The number of nitrogen functional groups attached to an aromatic ring is 1. The van der Waals surface area contributed by atoms with Crippen LogP contribution in [-0.2, 0) is 0 Å². The summed E-state index contributed by atoms with van der Waals surface area (Å²) in [6.45, 7) is 0. The minimum absolute atomic E-state index is 0.289. The van der Waals surface area contributed by atoms with Gasteiger partial charge in [0.1, 0.15) is 11.5 Å². The van der Waals surface area contributed by atoms with Crippen molar-refractivity contribution in [3.05, 3.63) is 55.3 Å². The van der Waals surface area contributed by atoms with E-state index in [9.17, 15) is 28.0 Å². The van der Waals surface area contributed by atoms with E-state index in [-0.39, 0.29) is 15.6 Å². The molecule has 2 aromatic rings. The lowest BCUT2D eigenvalue weighted by Crippen LogP contribution is -2.26. The van der Waals surface area contributed by atoms with Crippen molar-refractivity contribution in [3.63, 3.8) is 0 Å². The third-order valence-corrected chi connectivity index (χ3v) is 4.15. The summed E-state index contributed by atoms with van der Waals surface area (Å²) in [5.74, 6) is -7.42. The number of nitrogens with one attached hydrogen (secondary N) is 1. The van der Waals surface area contributed by atoms with E-state index in [2.05, 4.69) is 15.9 Å². The zero-order valence-electron chi connectivity index (χ0n) is 11.9. The number of nitrogens with two attached hydrogens (primary N) is 1.